The van der Waals surface area contributed by atoms with Crippen molar-refractivity contribution in [2.75, 3.05) is 25.4 Å². The summed E-state index contributed by atoms with van der Waals surface area (Å²) in [4.78, 5) is 14.4. The topological polar surface area (TPSA) is 66.6 Å². The lowest BCUT2D eigenvalue weighted by atomic mass is 10.1. The molecule has 1 aromatic rings. The number of nitrogens with two attached hydrogens (primary N) is 1. The van der Waals surface area contributed by atoms with E-state index in [-0.39, 0.29) is 12.5 Å². The highest BCUT2D eigenvalue weighted by molar-refractivity contribution is 9.10. The Morgan fingerprint density at radius 3 is 2.62 bits per heavy atom. The van der Waals surface area contributed by atoms with Gasteiger partial charge < -0.3 is 15.7 Å². The summed E-state index contributed by atoms with van der Waals surface area (Å²) in [7, 11) is 0. The first-order valence-corrected chi connectivity index (χ1v) is 8.26. The van der Waals surface area contributed by atoms with Crippen molar-refractivity contribution >= 4 is 27.5 Å². The monoisotopic (exact) mass is 356 g/mol. The van der Waals surface area contributed by atoms with Crippen molar-refractivity contribution in [2.24, 2.45) is 0 Å². The molecule has 0 saturated heterocycles. The molecule has 1 rings (SSSR count). The fraction of sp³-hybridized carbons (Fsp3) is 0.562. The Labute approximate surface area is 135 Å². The summed E-state index contributed by atoms with van der Waals surface area (Å²) in [6.07, 6.45) is 4.40. The molecule has 0 aliphatic heterocycles. The van der Waals surface area contributed by atoms with E-state index in [0.29, 0.717) is 24.3 Å². The van der Waals surface area contributed by atoms with Crippen LogP contribution in [0.2, 0.25) is 0 Å². The maximum atomic E-state index is 12.7. The molecular formula is C16H25BrN2O2. The largest absolute Gasteiger partial charge is 0.398 e. The highest BCUT2D eigenvalue weighted by Gasteiger charge is 2.18. The highest BCUT2D eigenvalue weighted by Crippen LogP contribution is 2.24. The summed E-state index contributed by atoms with van der Waals surface area (Å²) >= 11 is 3.38. The summed E-state index contributed by atoms with van der Waals surface area (Å²) < 4.78 is 0.795. The van der Waals surface area contributed by atoms with Crippen LogP contribution in [0.3, 0.4) is 0 Å². The van der Waals surface area contributed by atoms with Crippen molar-refractivity contribution < 1.29 is 9.90 Å². The zero-order chi connectivity index (χ0) is 15.8. The number of nitrogens with zero attached hydrogens (tertiary/aromatic N) is 1. The van der Waals surface area contributed by atoms with Crippen LogP contribution in [0.4, 0.5) is 5.69 Å². The molecule has 0 unspecified atom stereocenters. The van der Waals surface area contributed by atoms with Crippen LogP contribution in [0, 0.1) is 6.92 Å². The number of aliphatic hydroxyl groups is 1. The standard InChI is InChI=1S/C16H25BrN2O2/c1-3-4-5-6-7-19(8-9-20)16(21)14-10-13(17)11-15(18)12(14)2/h10-11,20H,3-9,18H2,1-2H3. The number of unbranched alkanes of at least 4 members (excludes halogenated alkanes) is 3. The number of halogens is 1. The molecule has 0 radical (unpaired) electrons. The lowest BCUT2D eigenvalue weighted by molar-refractivity contribution is 0.0717. The van der Waals surface area contributed by atoms with E-state index in [1.807, 2.05) is 6.92 Å². The fourth-order valence-electron chi connectivity index (χ4n) is 2.26. The Kier molecular flexibility index (Phi) is 7.75. The Morgan fingerprint density at radius 1 is 1.29 bits per heavy atom. The molecule has 0 aliphatic rings. The number of carbonyl (C=O) groups is 1. The van der Waals surface area contributed by atoms with Crippen LogP contribution >= 0.6 is 15.9 Å². The van der Waals surface area contributed by atoms with Crippen molar-refractivity contribution in [3.05, 3.63) is 27.7 Å². The molecule has 3 N–H and O–H groups in total. The lowest BCUT2D eigenvalue weighted by Crippen LogP contribution is -2.35. The van der Waals surface area contributed by atoms with E-state index in [0.717, 1.165) is 29.3 Å². The van der Waals surface area contributed by atoms with Gasteiger partial charge in [-0.15, -0.1) is 0 Å². The van der Waals surface area contributed by atoms with Crippen molar-refractivity contribution in [1.82, 2.24) is 4.90 Å². The Hall–Kier alpha value is -1.07. The number of benzene rings is 1. The van der Waals surface area contributed by atoms with Crippen molar-refractivity contribution in [3.8, 4) is 0 Å². The summed E-state index contributed by atoms with van der Waals surface area (Å²) in [5.41, 5.74) is 7.92. The average molecular weight is 357 g/mol. The number of aliphatic hydroxyl groups excluding tert-OH is 1. The third-order valence-electron chi connectivity index (χ3n) is 3.58. The van der Waals surface area contributed by atoms with Gasteiger partial charge in [-0.3, -0.25) is 4.79 Å². The third-order valence-corrected chi connectivity index (χ3v) is 4.04. The van der Waals surface area contributed by atoms with E-state index in [9.17, 15) is 9.90 Å². The maximum absolute atomic E-state index is 12.7. The molecule has 118 valence electrons. The Morgan fingerprint density at radius 2 is 2.00 bits per heavy atom. The number of amides is 1. The van der Waals surface area contributed by atoms with E-state index in [2.05, 4.69) is 22.9 Å². The molecular weight excluding hydrogens is 332 g/mol. The molecule has 1 aromatic carbocycles. The van der Waals surface area contributed by atoms with Gasteiger partial charge in [0.15, 0.2) is 0 Å². The molecule has 0 aromatic heterocycles. The second kappa shape index (κ2) is 9.05. The summed E-state index contributed by atoms with van der Waals surface area (Å²) in [5, 5.41) is 9.19. The van der Waals surface area contributed by atoms with E-state index in [1.165, 1.54) is 6.42 Å². The second-order valence-corrected chi connectivity index (χ2v) is 6.16. The first-order valence-electron chi connectivity index (χ1n) is 7.47. The van der Waals surface area contributed by atoms with Gasteiger partial charge in [-0.05, 0) is 31.0 Å². The van der Waals surface area contributed by atoms with Gasteiger partial charge in [-0.2, -0.15) is 0 Å². The van der Waals surface area contributed by atoms with Crippen molar-refractivity contribution in [3.63, 3.8) is 0 Å². The van der Waals surface area contributed by atoms with E-state index in [4.69, 9.17) is 5.73 Å². The van der Waals surface area contributed by atoms with Gasteiger partial charge >= 0.3 is 0 Å². The first-order chi connectivity index (χ1) is 10.0. The van der Waals surface area contributed by atoms with Crippen LogP contribution in [0.5, 0.6) is 0 Å². The molecule has 1 amide bonds. The second-order valence-electron chi connectivity index (χ2n) is 5.24. The van der Waals surface area contributed by atoms with Crippen LogP contribution in [-0.4, -0.2) is 35.6 Å². The molecule has 5 heteroatoms. The van der Waals surface area contributed by atoms with Crippen LogP contribution in [0.25, 0.3) is 0 Å². The van der Waals surface area contributed by atoms with Gasteiger partial charge in [-0.25, -0.2) is 0 Å². The Balaban J connectivity index is 2.85. The van der Waals surface area contributed by atoms with Gasteiger partial charge in [0, 0.05) is 28.8 Å². The first kappa shape index (κ1) is 18.0. The quantitative estimate of drug-likeness (QED) is 0.554. The van der Waals surface area contributed by atoms with Gasteiger partial charge in [0.05, 0.1) is 6.61 Å². The van der Waals surface area contributed by atoms with Gasteiger partial charge in [-0.1, -0.05) is 42.1 Å². The number of carbonyl (C=O) groups excluding carboxylic acids is 1. The van der Waals surface area contributed by atoms with Crippen LogP contribution in [-0.2, 0) is 0 Å². The minimum atomic E-state index is -0.0638. The zero-order valence-electron chi connectivity index (χ0n) is 12.9. The summed E-state index contributed by atoms with van der Waals surface area (Å²) in [5.74, 6) is -0.0638. The molecule has 0 bridgehead atoms. The van der Waals surface area contributed by atoms with Gasteiger partial charge in [0.1, 0.15) is 0 Å². The average Bonchev–Trinajstić information content (AvgIpc) is 2.45. The maximum Gasteiger partial charge on any atom is 0.254 e. The van der Waals surface area contributed by atoms with Gasteiger partial charge in [0.2, 0.25) is 0 Å². The summed E-state index contributed by atoms with van der Waals surface area (Å²) in [6.45, 7) is 5.01. The molecule has 0 saturated carbocycles. The smallest absolute Gasteiger partial charge is 0.254 e. The summed E-state index contributed by atoms with van der Waals surface area (Å²) in [6, 6.07) is 3.59. The molecule has 0 heterocycles. The van der Waals surface area contributed by atoms with Crippen LogP contribution in [0.1, 0.15) is 48.5 Å². The van der Waals surface area contributed by atoms with E-state index in [1.54, 1.807) is 17.0 Å². The number of hydrogen-bond donors (Lipinski definition) is 2. The number of anilines is 1. The number of rotatable bonds is 8. The predicted octanol–water partition coefficient (Wildman–Crippen LogP) is 3.35. The normalized spacial score (nSPS) is 10.7. The van der Waals surface area contributed by atoms with Crippen molar-refractivity contribution in [2.45, 2.75) is 39.5 Å². The predicted molar refractivity (Wildman–Crippen MR) is 90.4 cm³/mol. The Bertz CT molecular complexity index is 478. The van der Waals surface area contributed by atoms with Crippen LogP contribution in [0.15, 0.2) is 16.6 Å². The fourth-order valence-corrected chi connectivity index (χ4v) is 2.73. The van der Waals surface area contributed by atoms with Crippen molar-refractivity contribution in [1.29, 1.82) is 0 Å². The third kappa shape index (κ3) is 5.32. The number of nitrogen functional groups attached to an aromatic ring is 1. The lowest BCUT2D eigenvalue weighted by Gasteiger charge is -2.23. The molecule has 21 heavy (non-hydrogen) atoms. The molecule has 0 aliphatic carbocycles. The molecule has 0 spiro atoms. The zero-order valence-corrected chi connectivity index (χ0v) is 14.4. The van der Waals surface area contributed by atoms with Gasteiger partial charge in [0.25, 0.3) is 5.91 Å². The molecule has 4 nitrogen and oxygen atoms in total. The molecule has 0 fully saturated rings. The minimum absolute atomic E-state index is 0.0257. The minimum Gasteiger partial charge on any atom is -0.398 e. The highest BCUT2D eigenvalue weighted by atomic mass is 79.9. The van der Waals surface area contributed by atoms with Crippen LogP contribution < -0.4 is 5.73 Å². The molecule has 0 atom stereocenters. The SMILES string of the molecule is CCCCCCN(CCO)C(=O)c1cc(Br)cc(N)c1C. The van der Waals surface area contributed by atoms with E-state index >= 15 is 0 Å². The number of hydrogen-bond acceptors (Lipinski definition) is 3. The van der Waals surface area contributed by atoms with E-state index < -0.39 is 0 Å².